The molecule has 8 heteroatoms. The molecule has 0 aliphatic carbocycles. The van der Waals surface area contributed by atoms with Gasteiger partial charge in [-0.2, -0.15) is 0 Å². The molecule has 128 valence electrons. The van der Waals surface area contributed by atoms with Crippen LogP contribution in [-0.2, 0) is 6.54 Å². The minimum absolute atomic E-state index is 0.186. The molecule has 0 fully saturated rings. The van der Waals surface area contributed by atoms with Crippen LogP contribution in [0.2, 0.25) is 0 Å². The van der Waals surface area contributed by atoms with E-state index in [1.54, 1.807) is 16.6 Å². The van der Waals surface area contributed by atoms with Crippen LogP contribution >= 0.6 is 15.9 Å². The van der Waals surface area contributed by atoms with Gasteiger partial charge in [0.2, 0.25) is 0 Å². The number of aromatic nitrogens is 4. The molecule has 3 rings (SSSR count). The van der Waals surface area contributed by atoms with Gasteiger partial charge in [0.15, 0.2) is 0 Å². The number of benzene rings is 2. The van der Waals surface area contributed by atoms with E-state index in [-0.39, 0.29) is 6.03 Å². The van der Waals surface area contributed by atoms with Crippen LogP contribution in [0.1, 0.15) is 11.1 Å². The van der Waals surface area contributed by atoms with E-state index in [4.69, 9.17) is 0 Å². The number of nitrogens with one attached hydrogen (secondary N) is 1. The summed E-state index contributed by atoms with van der Waals surface area (Å²) in [4.78, 5) is 14.0. The largest absolute Gasteiger partial charge is 0.323 e. The van der Waals surface area contributed by atoms with E-state index in [0.717, 1.165) is 21.3 Å². The summed E-state index contributed by atoms with van der Waals surface area (Å²) in [5, 5.41) is 14.1. The molecule has 0 radical (unpaired) electrons. The first-order chi connectivity index (χ1) is 12.0. The number of aryl methyl sites for hydroxylation is 1. The number of tetrazole rings is 1. The van der Waals surface area contributed by atoms with Gasteiger partial charge < -0.3 is 10.2 Å². The zero-order valence-corrected chi connectivity index (χ0v) is 15.4. The molecular weight excluding hydrogens is 384 g/mol. The highest BCUT2D eigenvalue weighted by Gasteiger charge is 2.11. The van der Waals surface area contributed by atoms with Crippen molar-refractivity contribution in [3.05, 3.63) is 64.4 Å². The molecule has 0 aliphatic heterocycles. The molecule has 0 spiro atoms. The molecule has 7 nitrogen and oxygen atoms in total. The number of carbonyl (C=O) groups excluding carboxylic acids is 1. The van der Waals surface area contributed by atoms with Crippen molar-refractivity contribution in [2.45, 2.75) is 13.5 Å². The maximum atomic E-state index is 12.4. The van der Waals surface area contributed by atoms with Gasteiger partial charge >= 0.3 is 6.03 Å². The van der Waals surface area contributed by atoms with E-state index in [1.807, 2.05) is 49.4 Å². The van der Waals surface area contributed by atoms with Gasteiger partial charge in [0.05, 0.1) is 5.69 Å². The molecule has 25 heavy (non-hydrogen) atoms. The van der Waals surface area contributed by atoms with E-state index in [1.165, 1.54) is 6.33 Å². The molecular formula is C17H17BrN6O. The molecule has 2 amide bonds. The third kappa shape index (κ3) is 4.21. The first-order valence-electron chi connectivity index (χ1n) is 7.63. The first kappa shape index (κ1) is 17.1. The number of carbonyl (C=O) groups is 1. The lowest BCUT2D eigenvalue weighted by Crippen LogP contribution is -2.30. The Morgan fingerprint density at radius 2 is 2.00 bits per heavy atom. The van der Waals surface area contributed by atoms with E-state index in [9.17, 15) is 4.79 Å². The second kappa shape index (κ2) is 7.43. The number of hydrogen-bond acceptors (Lipinski definition) is 4. The van der Waals surface area contributed by atoms with Gasteiger partial charge in [-0.3, -0.25) is 0 Å². The Balaban J connectivity index is 1.70. The third-order valence-electron chi connectivity index (χ3n) is 3.74. The Morgan fingerprint density at radius 1 is 1.24 bits per heavy atom. The number of hydrogen-bond donors (Lipinski definition) is 1. The number of urea groups is 1. The van der Waals surface area contributed by atoms with Crippen LogP contribution in [-0.4, -0.2) is 38.2 Å². The molecule has 0 saturated heterocycles. The van der Waals surface area contributed by atoms with Crippen LogP contribution in [0.4, 0.5) is 10.5 Å². The van der Waals surface area contributed by atoms with Gasteiger partial charge in [-0.1, -0.05) is 34.1 Å². The van der Waals surface area contributed by atoms with Crippen molar-refractivity contribution in [2.24, 2.45) is 0 Å². The maximum Gasteiger partial charge on any atom is 0.321 e. The zero-order chi connectivity index (χ0) is 17.8. The van der Waals surface area contributed by atoms with Gasteiger partial charge in [-0.25, -0.2) is 9.48 Å². The van der Waals surface area contributed by atoms with Crippen LogP contribution in [0.15, 0.2) is 53.3 Å². The highest BCUT2D eigenvalue weighted by Crippen LogP contribution is 2.19. The van der Waals surface area contributed by atoms with Crippen LogP contribution in [0.25, 0.3) is 5.69 Å². The van der Waals surface area contributed by atoms with Crippen molar-refractivity contribution in [1.29, 1.82) is 0 Å². The second-order valence-corrected chi connectivity index (χ2v) is 6.58. The fourth-order valence-electron chi connectivity index (χ4n) is 2.36. The smallest absolute Gasteiger partial charge is 0.321 e. The van der Waals surface area contributed by atoms with E-state index >= 15 is 0 Å². The number of halogens is 1. The summed E-state index contributed by atoms with van der Waals surface area (Å²) >= 11 is 3.40. The van der Waals surface area contributed by atoms with Crippen LogP contribution < -0.4 is 5.32 Å². The minimum Gasteiger partial charge on any atom is -0.323 e. The van der Waals surface area contributed by atoms with Crippen LogP contribution in [0.5, 0.6) is 0 Å². The van der Waals surface area contributed by atoms with Crippen molar-refractivity contribution in [2.75, 3.05) is 12.4 Å². The summed E-state index contributed by atoms with van der Waals surface area (Å²) in [7, 11) is 1.76. The molecule has 0 aliphatic rings. The first-order valence-corrected chi connectivity index (χ1v) is 8.43. The highest BCUT2D eigenvalue weighted by molar-refractivity contribution is 9.10. The van der Waals surface area contributed by atoms with E-state index < -0.39 is 0 Å². The summed E-state index contributed by atoms with van der Waals surface area (Å²) in [5.41, 5.74) is 3.56. The molecule has 0 saturated carbocycles. The lowest BCUT2D eigenvalue weighted by molar-refractivity contribution is 0.220. The Labute approximate surface area is 153 Å². The lowest BCUT2D eigenvalue weighted by atomic mass is 10.2. The topological polar surface area (TPSA) is 75.9 Å². The SMILES string of the molecule is Cc1ccc(NC(=O)N(C)Cc2ccc(Br)cc2)cc1-n1cnnn1. The summed E-state index contributed by atoms with van der Waals surface area (Å²) in [6.45, 7) is 2.48. The number of rotatable bonds is 4. The predicted molar refractivity (Wildman–Crippen MR) is 98.5 cm³/mol. The Morgan fingerprint density at radius 3 is 2.68 bits per heavy atom. The Bertz CT molecular complexity index is 863. The predicted octanol–water partition coefficient (Wildman–Crippen LogP) is 3.40. The normalized spacial score (nSPS) is 10.5. The van der Waals surface area contributed by atoms with Gasteiger partial charge in [-0.05, 0) is 52.7 Å². The van der Waals surface area contributed by atoms with Crippen molar-refractivity contribution >= 4 is 27.6 Å². The summed E-state index contributed by atoms with van der Waals surface area (Å²) in [6, 6.07) is 13.3. The van der Waals surface area contributed by atoms with Crippen molar-refractivity contribution in [1.82, 2.24) is 25.1 Å². The highest BCUT2D eigenvalue weighted by atomic mass is 79.9. The fourth-order valence-corrected chi connectivity index (χ4v) is 2.62. The number of amides is 2. The Hall–Kier alpha value is -2.74. The molecule has 0 atom stereocenters. The maximum absolute atomic E-state index is 12.4. The standard InChI is InChI=1S/C17H17BrN6O/c1-12-3-8-15(9-16(12)24-11-19-21-22-24)20-17(25)23(2)10-13-4-6-14(18)7-5-13/h3-9,11H,10H2,1-2H3,(H,20,25). The summed E-state index contributed by atoms with van der Waals surface area (Å²) in [5.74, 6) is 0. The fraction of sp³-hybridized carbons (Fsp3) is 0.176. The van der Waals surface area contributed by atoms with Crippen LogP contribution in [0.3, 0.4) is 0 Å². The summed E-state index contributed by atoms with van der Waals surface area (Å²) in [6.07, 6.45) is 1.52. The molecule has 0 bridgehead atoms. The molecule has 3 aromatic rings. The van der Waals surface area contributed by atoms with Crippen molar-refractivity contribution in [3.63, 3.8) is 0 Å². The van der Waals surface area contributed by atoms with E-state index in [0.29, 0.717) is 12.2 Å². The van der Waals surface area contributed by atoms with Crippen molar-refractivity contribution < 1.29 is 4.79 Å². The van der Waals surface area contributed by atoms with Crippen molar-refractivity contribution in [3.8, 4) is 5.69 Å². The molecule has 2 aromatic carbocycles. The molecule has 1 N–H and O–H groups in total. The zero-order valence-electron chi connectivity index (χ0n) is 13.8. The van der Waals surface area contributed by atoms with Gasteiger partial charge in [-0.15, -0.1) is 5.10 Å². The third-order valence-corrected chi connectivity index (χ3v) is 4.26. The average Bonchev–Trinajstić information content (AvgIpc) is 3.13. The average molecular weight is 401 g/mol. The lowest BCUT2D eigenvalue weighted by Gasteiger charge is -2.18. The summed E-state index contributed by atoms with van der Waals surface area (Å²) < 4.78 is 2.58. The van der Waals surface area contributed by atoms with Gasteiger partial charge in [0.25, 0.3) is 0 Å². The Kier molecular flexibility index (Phi) is 5.08. The second-order valence-electron chi connectivity index (χ2n) is 5.67. The van der Waals surface area contributed by atoms with Gasteiger partial charge in [0.1, 0.15) is 6.33 Å². The molecule has 0 unspecified atom stereocenters. The molecule has 1 aromatic heterocycles. The number of nitrogens with zero attached hydrogens (tertiary/aromatic N) is 5. The quantitative estimate of drug-likeness (QED) is 0.727. The minimum atomic E-state index is -0.186. The van der Waals surface area contributed by atoms with Crippen LogP contribution in [0, 0.1) is 6.92 Å². The van der Waals surface area contributed by atoms with E-state index in [2.05, 4.69) is 36.8 Å². The monoisotopic (exact) mass is 400 g/mol. The molecule has 1 heterocycles. The van der Waals surface area contributed by atoms with Gasteiger partial charge in [0, 0.05) is 23.8 Å². The number of anilines is 1.